The van der Waals surface area contributed by atoms with Gasteiger partial charge in [-0.05, 0) is 47.0 Å². The van der Waals surface area contributed by atoms with Crippen LogP contribution in [0.25, 0.3) is 22.3 Å². The Labute approximate surface area is 174 Å². The van der Waals surface area contributed by atoms with E-state index in [1.807, 2.05) is 0 Å². The second-order valence-electron chi connectivity index (χ2n) is 6.41. The van der Waals surface area contributed by atoms with E-state index >= 15 is 0 Å². The molecule has 11 heteroatoms. The second kappa shape index (κ2) is 8.29. The molecule has 0 aliphatic carbocycles. The fraction of sp³-hybridized carbons (Fsp3) is 0.143. The quantitative estimate of drug-likeness (QED) is 0.365. The summed E-state index contributed by atoms with van der Waals surface area (Å²) in [4.78, 5) is 0. The molecular weight excluding hydrogens is 455 g/mol. The average molecular weight is 466 g/mol. The smallest absolute Gasteiger partial charge is 0.406 e. The van der Waals surface area contributed by atoms with E-state index in [1.165, 1.54) is 24.3 Å². The van der Waals surface area contributed by atoms with Gasteiger partial charge in [0, 0.05) is 5.56 Å². The van der Waals surface area contributed by atoms with Gasteiger partial charge in [-0.3, -0.25) is 0 Å². The summed E-state index contributed by atoms with van der Waals surface area (Å²) in [6, 6.07) is 11.3. The predicted molar refractivity (Wildman–Crippen MR) is 95.7 cm³/mol. The van der Waals surface area contributed by atoms with Gasteiger partial charge in [0.15, 0.2) is 0 Å². The molecule has 0 amide bonds. The third kappa shape index (κ3) is 6.08. The van der Waals surface area contributed by atoms with Crippen molar-refractivity contribution < 1.29 is 49.0 Å². The van der Waals surface area contributed by atoms with E-state index in [4.69, 9.17) is 0 Å². The molecule has 0 aromatic heterocycles. The summed E-state index contributed by atoms with van der Waals surface area (Å²) in [7, 11) is 0. The second-order valence-corrected chi connectivity index (χ2v) is 6.41. The molecule has 0 heterocycles. The van der Waals surface area contributed by atoms with E-state index in [0.29, 0.717) is 6.07 Å². The molecule has 0 N–H and O–H groups in total. The van der Waals surface area contributed by atoms with Gasteiger partial charge < -0.3 is 9.47 Å². The fourth-order valence-electron chi connectivity index (χ4n) is 2.89. The first-order valence-corrected chi connectivity index (χ1v) is 8.65. The minimum absolute atomic E-state index is 0.0209. The van der Waals surface area contributed by atoms with Crippen LogP contribution in [0.3, 0.4) is 0 Å². The molecule has 0 aliphatic rings. The molecule has 0 saturated heterocycles. The van der Waals surface area contributed by atoms with Crippen LogP contribution >= 0.6 is 0 Å². The van der Waals surface area contributed by atoms with Crippen LogP contribution in [0.2, 0.25) is 0 Å². The number of hydrogen-bond donors (Lipinski definition) is 0. The first-order valence-electron chi connectivity index (χ1n) is 8.65. The first-order chi connectivity index (χ1) is 14.7. The Morgan fingerprint density at radius 2 is 1.12 bits per heavy atom. The Bertz CT molecular complexity index is 1100. The normalized spacial score (nSPS) is 12.5. The van der Waals surface area contributed by atoms with Crippen molar-refractivity contribution in [2.24, 2.45) is 0 Å². The Morgan fingerprint density at radius 3 is 1.75 bits per heavy atom. The van der Waals surface area contributed by atoms with Crippen LogP contribution in [-0.2, 0) is 6.18 Å². The fourth-order valence-corrected chi connectivity index (χ4v) is 2.89. The maximum absolute atomic E-state index is 13.0. The molecule has 0 fully saturated rings. The van der Waals surface area contributed by atoms with E-state index in [2.05, 4.69) is 9.47 Å². The highest BCUT2D eigenvalue weighted by Crippen LogP contribution is 2.40. The van der Waals surface area contributed by atoms with Gasteiger partial charge in [0.1, 0.15) is 11.5 Å². The molecule has 0 saturated carbocycles. The molecule has 0 radical (unpaired) electrons. The lowest BCUT2D eigenvalue weighted by Crippen LogP contribution is -2.18. The maximum atomic E-state index is 13.0. The monoisotopic (exact) mass is 466 g/mol. The Morgan fingerprint density at radius 1 is 0.531 bits per heavy atom. The maximum Gasteiger partial charge on any atom is 0.573 e. The molecule has 32 heavy (non-hydrogen) atoms. The molecule has 3 rings (SSSR count). The van der Waals surface area contributed by atoms with Crippen LogP contribution in [0.4, 0.5) is 39.5 Å². The number of halogens is 9. The number of benzene rings is 3. The van der Waals surface area contributed by atoms with Crippen LogP contribution in [0.1, 0.15) is 5.56 Å². The molecule has 0 bridgehead atoms. The standard InChI is InChI=1S/C21H11F9O2/c22-19(23,24)15-5-1-4-14(9-15)17-8-7-13(11-18(17)32-21(28,29)30)12-3-2-6-16(10-12)31-20(25,26)27/h1-11H. The van der Waals surface area contributed by atoms with Gasteiger partial charge in [-0.1, -0.05) is 36.4 Å². The van der Waals surface area contributed by atoms with Crippen molar-refractivity contribution in [2.45, 2.75) is 18.9 Å². The Hall–Kier alpha value is -3.37. The van der Waals surface area contributed by atoms with Crippen LogP contribution in [0.5, 0.6) is 11.5 Å². The zero-order valence-electron chi connectivity index (χ0n) is 15.6. The summed E-state index contributed by atoms with van der Waals surface area (Å²) in [6.45, 7) is 0. The number of alkyl halides is 9. The molecule has 0 aliphatic heterocycles. The first kappa shape index (κ1) is 23.3. The molecule has 0 unspecified atom stereocenters. The van der Waals surface area contributed by atoms with Crippen molar-refractivity contribution in [3.05, 3.63) is 72.3 Å². The van der Waals surface area contributed by atoms with Crippen LogP contribution in [0, 0.1) is 0 Å². The van der Waals surface area contributed by atoms with Crippen molar-refractivity contribution in [3.63, 3.8) is 0 Å². The molecule has 3 aromatic carbocycles. The minimum Gasteiger partial charge on any atom is -0.406 e. The van der Waals surface area contributed by atoms with E-state index < -0.39 is 36.0 Å². The van der Waals surface area contributed by atoms with Gasteiger partial charge in [-0.15, -0.1) is 26.3 Å². The van der Waals surface area contributed by atoms with Crippen molar-refractivity contribution in [2.75, 3.05) is 0 Å². The lowest BCUT2D eigenvalue weighted by Gasteiger charge is -2.16. The number of rotatable bonds is 4. The van der Waals surface area contributed by atoms with E-state index in [1.54, 1.807) is 0 Å². The number of hydrogen-bond acceptors (Lipinski definition) is 2. The highest BCUT2D eigenvalue weighted by Gasteiger charge is 2.34. The molecule has 0 atom stereocenters. The van der Waals surface area contributed by atoms with E-state index in [9.17, 15) is 39.5 Å². The van der Waals surface area contributed by atoms with Crippen LogP contribution in [-0.4, -0.2) is 12.7 Å². The third-order valence-electron chi connectivity index (χ3n) is 4.11. The van der Waals surface area contributed by atoms with Gasteiger partial charge in [-0.25, -0.2) is 0 Å². The summed E-state index contributed by atoms with van der Waals surface area (Å²) in [5.41, 5.74) is -1.48. The van der Waals surface area contributed by atoms with Gasteiger partial charge >= 0.3 is 18.9 Å². The van der Waals surface area contributed by atoms with Crippen LogP contribution in [0.15, 0.2) is 66.7 Å². The van der Waals surface area contributed by atoms with Crippen molar-refractivity contribution in [3.8, 4) is 33.8 Å². The summed E-state index contributed by atoms with van der Waals surface area (Å²) < 4.78 is 123. The lowest BCUT2D eigenvalue weighted by molar-refractivity contribution is -0.275. The third-order valence-corrected chi connectivity index (χ3v) is 4.11. The lowest BCUT2D eigenvalue weighted by atomic mass is 9.98. The average Bonchev–Trinajstić information content (AvgIpc) is 2.65. The summed E-state index contributed by atoms with van der Waals surface area (Å²) in [5.74, 6) is -1.42. The zero-order chi connectivity index (χ0) is 23.7. The van der Waals surface area contributed by atoms with Gasteiger partial charge in [-0.2, -0.15) is 13.2 Å². The minimum atomic E-state index is -5.17. The number of ether oxygens (including phenoxy) is 2. The summed E-state index contributed by atoms with van der Waals surface area (Å²) in [5, 5.41) is 0. The predicted octanol–water partition coefficient (Wildman–Crippen LogP) is 7.84. The Kier molecular flexibility index (Phi) is 6.03. The van der Waals surface area contributed by atoms with Gasteiger partial charge in [0.25, 0.3) is 0 Å². The SMILES string of the molecule is FC(F)(F)Oc1cccc(-c2ccc(-c3cccc(C(F)(F)F)c3)c(OC(F)(F)F)c2)c1. The van der Waals surface area contributed by atoms with Crippen molar-refractivity contribution >= 4 is 0 Å². The zero-order valence-corrected chi connectivity index (χ0v) is 15.6. The molecule has 0 spiro atoms. The highest BCUT2D eigenvalue weighted by atomic mass is 19.4. The molecule has 3 aromatic rings. The van der Waals surface area contributed by atoms with Crippen LogP contribution < -0.4 is 9.47 Å². The van der Waals surface area contributed by atoms with E-state index in [0.717, 1.165) is 36.4 Å². The van der Waals surface area contributed by atoms with Crippen molar-refractivity contribution in [1.29, 1.82) is 0 Å². The molecular formula is C21H11F9O2. The molecule has 170 valence electrons. The van der Waals surface area contributed by atoms with Crippen molar-refractivity contribution in [1.82, 2.24) is 0 Å². The highest BCUT2D eigenvalue weighted by molar-refractivity contribution is 5.77. The summed E-state index contributed by atoms with van der Waals surface area (Å²) in [6.07, 6.45) is -14.9. The van der Waals surface area contributed by atoms with Gasteiger partial charge in [0.05, 0.1) is 5.56 Å². The Balaban J connectivity index is 2.08. The van der Waals surface area contributed by atoms with Gasteiger partial charge in [0.2, 0.25) is 0 Å². The topological polar surface area (TPSA) is 18.5 Å². The largest absolute Gasteiger partial charge is 0.573 e. The van der Waals surface area contributed by atoms with E-state index in [-0.39, 0.29) is 22.3 Å². The summed E-state index contributed by atoms with van der Waals surface area (Å²) >= 11 is 0. The molecule has 2 nitrogen and oxygen atoms in total.